The first kappa shape index (κ1) is 19.4. The van der Waals surface area contributed by atoms with Gasteiger partial charge in [-0.15, -0.1) is 0 Å². The van der Waals surface area contributed by atoms with E-state index in [1.165, 1.54) is 6.92 Å². The summed E-state index contributed by atoms with van der Waals surface area (Å²) in [5.41, 5.74) is 0. The Bertz CT molecular complexity index is 444. The van der Waals surface area contributed by atoms with Crippen molar-refractivity contribution >= 4 is 5.97 Å². The van der Waals surface area contributed by atoms with Gasteiger partial charge in [-0.3, -0.25) is 0 Å². The fourth-order valence-electron chi connectivity index (χ4n) is 2.76. The molecule has 7 N–H and O–H groups in total. The molecule has 140 valence electrons. The molecule has 0 aromatic carbocycles. The molecule has 2 rings (SSSR count). The number of hydrogen-bond acceptors (Lipinski definition) is 10. The minimum Gasteiger partial charge on any atom is -0.479 e. The fourth-order valence-corrected chi connectivity index (χ4v) is 2.76. The number of carboxylic acid groups (broad SMARTS) is 1. The van der Waals surface area contributed by atoms with Gasteiger partial charge in [0.1, 0.15) is 42.7 Å². The van der Waals surface area contributed by atoms with Crippen molar-refractivity contribution < 1.29 is 54.8 Å². The Morgan fingerprint density at radius 2 is 1.58 bits per heavy atom. The summed E-state index contributed by atoms with van der Waals surface area (Å²) < 4.78 is 15.5. The van der Waals surface area contributed by atoms with Gasteiger partial charge >= 0.3 is 5.97 Å². The average Bonchev–Trinajstić information content (AvgIpc) is 2.54. The first-order valence-corrected chi connectivity index (χ1v) is 7.39. The second-order valence-electron chi connectivity index (χ2n) is 5.88. The van der Waals surface area contributed by atoms with Crippen molar-refractivity contribution in [2.45, 2.75) is 68.1 Å². The van der Waals surface area contributed by atoms with Gasteiger partial charge in [0.2, 0.25) is 0 Å². The van der Waals surface area contributed by atoms with E-state index < -0.39 is 73.8 Å². The summed E-state index contributed by atoms with van der Waals surface area (Å²) in [4.78, 5) is 11.0. The van der Waals surface area contributed by atoms with Crippen LogP contribution in [0, 0.1) is 0 Å². The summed E-state index contributed by atoms with van der Waals surface area (Å²) in [5, 5.41) is 67.5. The number of aliphatic carboxylic acids is 1. The summed E-state index contributed by atoms with van der Waals surface area (Å²) in [6.45, 7) is 0.883. The fraction of sp³-hybridized carbons (Fsp3) is 0.923. The van der Waals surface area contributed by atoms with Crippen molar-refractivity contribution in [1.29, 1.82) is 0 Å². The maximum atomic E-state index is 11.0. The smallest absolute Gasteiger partial charge is 0.335 e. The summed E-state index contributed by atoms with van der Waals surface area (Å²) in [7, 11) is 0. The highest BCUT2D eigenvalue weighted by Crippen LogP contribution is 2.29. The van der Waals surface area contributed by atoms with E-state index in [-0.39, 0.29) is 0 Å². The van der Waals surface area contributed by atoms with E-state index >= 15 is 0 Å². The lowest BCUT2D eigenvalue weighted by atomic mass is 9.95. The van der Waals surface area contributed by atoms with E-state index in [9.17, 15) is 35.4 Å². The van der Waals surface area contributed by atoms with Crippen LogP contribution in [0.5, 0.6) is 0 Å². The highest BCUT2D eigenvalue weighted by Gasteiger charge is 2.51. The molecule has 0 aromatic heterocycles. The number of carboxylic acids is 1. The summed E-state index contributed by atoms with van der Waals surface area (Å²) in [6.07, 6.45) is -15.3. The molecule has 0 amide bonds. The number of ether oxygens (including phenoxy) is 3. The zero-order valence-electron chi connectivity index (χ0n) is 12.7. The van der Waals surface area contributed by atoms with Gasteiger partial charge in [0.05, 0.1) is 12.7 Å². The van der Waals surface area contributed by atoms with Gasteiger partial charge in [-0.1, -0.05) is 0 Å². The third kappa shape index (κ3) is 3.54. The minimum atomic E-state index is -1.89. The van der Waals surface area contributed by atoms with Gasteiger partial charge in [0.25, 0.3) is 0 Å². The molecule has 0 saturated carbocycles. The summed E-state index contributed by atoms with van der Waals surface area (Å²) in [6, 6.07) is 0. The van der Waals surface area contributed by atoms with E-state index in [0.29, 0.717) is 0 Å². The zero-order chi connectivity index (χ0) is 18.2. The van der Waals surface area contributed by atoms with Crippen molar-refractivity contribution in [3.8, 4) is 0 Å². The zero-order valence-corrected chi connectivity index (χ0v) is 12.7. The van der Waals surface area contributed by atoms with E-state index in [1.54, 1.807) is 0 Å². The minimum absolute atomic E-state index is 0.588. The van der Waals surface area contributed by atoms with Crippen molar-refractivity contribution in [2.75, 3.05) is 6.61 Å². The van der Waals surface area contributed by atoms with Crippen LogP contribution in [0.3, 0.4) is 0 Å². The molecule has 2 aliphatic rings. The maximum Gasteiger partial charge on any atom is 0.335 e. The molecular weight excluding hydrogens is 332 g/mol. The number of rotatable bonds is 4. The molecule has 2 aliphatic heterocycles. The van der Waals surface area contributed by atoms with Crippen LogP contribution in [0.1, 0.15) is 6.92 Å². The van der Waals surface area contributed by atoms with Gasteiger partial charge in [-0.25, -0.2) is 4.79 Å². The predicted molar refractivity (Wildman–Crippen MR) is 72.6 cm³/mol. The third-order valence-electron chi connectivity index (χ3n) is 4.21. The SMILES string of the molecule is CC1OC(CO)C(OC2OC(C(=O)O)C(O)C(O)C2O)C(O)C1O. The molecule has 11 heteroatoms. The van der Waals surface area contributed by atoms with Crippen LogP contribution in [0.15, 0.2) is 0 Å². The molecule has 0 radical (unpaired) electrons. The summed E-state index contributed by atoms with van der Waals surface area (Å²) in [5.74, 6) is -1.59. The lowest BCUT2D eigenvalue weighted by molar-refractivity contribution is -0.335. The predicted octanol–water partition coefficient (Wildman–Crippen LogP) is -4.23. The van der Waals surface area contributed by atoms with Crippen molar-refractivity contribution in [1.82, 2.24) is 0 Å². The molecule has 10 atom stereocenters. The first-order chi connectivity index (χ1) is 11.2. The van der Waals surface area contributed by atoms with Crippen LogP contribution < -0.4 is 0 Å². The first-order valence-electron chi connectivity index (χ1n) is 7.39. The molecule has 0 aromatic rings. The van der Waals surface area contributed by atoms with Crippen LogP contribution in [-0.2, 0) is 19.0 Å². The van der Waals surface area contributed by atoms with Gasteiger partial charge in [-0.05, 0) is 6.92 Å². The number of aliphatic hydroxyl groups is 6. The topological polar surface area (TPSA) is 186 Å². The molecule has 24 heavy (non-hydrogen) atoms. The number of hydrogen-bond donors (Lipinski definition) is 7. The van der Waals surface area contributed by atoms with E-state index in [2.05, 4.69) is 0 Å². The molecule has 2 heterocycles. The lowest BCUT2D eigenvalue weighted by Gasteiger charge is -2.45. The normalized spacial score (nSPS) is 49.8. The van der Waals surface area contributed by atoms with E-state index in [4.69, 9.17) is 19.3 Å². The van der Waals surface area contributed by atoms with Crippen LogP contribution >= 0.6 is 0 Å². The third-order valence-corrected chi connectivity index (χ3v) is 4.21. The van der Waals surface area contributed by atoms with Gasteiger partial charge in [0, 0.05) is 0 Å². The number of carbonyl (C=O) groups is 1. The van der Waals surface area contributed by atoms with Crippen molar-refractivity contribution in [2.24, 2.45) is 0 Å². The molecule has 11 nitrogen and oxygen atoms in total. The lowest BCUT2D eigenvalue weighted by Crippen LogP contribution is -2.64. The monoisotopic (exact) mass is 354 g/mol. The van der Waals surface area contributed by atoms with Gasteiger partial charge in [0.15, 0.2) is 12.4 Å². The molecular formula is C13H22O11. The average molecular weight is 354 g/mol. The number of aliphatic hydroxyl groups excluding tert-OH is 6. The second-order valence-corrected chi connectivity index (χ2v) is 5.88. The van der Waals surface area contributed by atoms with Crippen LogP contribution in [-0.4, -0.2) is 110 Å². The van der Waals surface area contributed by atoms with Gasteiger partial charge < -0.3 is 50.0 Å². The van der Waals surface area contributed by atoms with Crippen molar-refractivity contribution in [3.63, 3.8) is 0 Å². The van der Waals surface area contributed by atoms with E-state index in [1.807, 2.05) is 0 Å². The highest BCUT2D eigenvalue weighted by atomic mass is 16.7. The van der Waals surface area contributed by atoms with Crippen LogP contribution in [0.25, 0.3) is 0 Å². The van der Waals surface area contributed by atoms with Crippen LogP contribution in [0.4, 0.5) is 0 Å². The molecule has 0 aliphatic carbocycles. The molecule has 0 spiro atoms. The Labute approximate surface area is 136 Å². The molecule has 2 fully saturated rings. The Morgan fingerprint density at radius 3 is 2.12 bits per heavy atom. The van der Waals surface area contributed by atoms with Gasteiger partial charge in [-0.2, -0.15) is 0 Å². The molecule has 10 unspecified atom stereocenters. The second kappa shape index (κ2) is 7.56. The van der Waals surface area contributed by atoms with E-state index in [0.717, 1.165) is 0 Å². The Balaban J connectivity index is 2.16. The maximum absolute atomic E-state index is 11.0. The quantitative estimate of drug-likeness (QED) is 0.259. The Kier molecular flexibility index (Phi) is 6.12. The standard InChI is InChI=1S/C13H22O11/c1-3-5(15)7(17)10(4(2-14)22-3)23-13-9(19)6(16)8(18)11(24-13)12(20)21/h3-11,13-19H,2H2,1H3,(H,20,21). The van der Waals surface area contributed by atoms with Crippen molar-refractivity contribution in [3.05, 3.63) is 0 Å². The highest BCUT2D eigenvalue weighted by molar-refractivity contribution is 5.73. The van der Waals surface area contributed by atoms with Crippen LogP contribution in [0.2, 0.25) is 0 Å². The molecule has 0 bridgehead atoms. The Morgan fingerprint density at radius 1 is 0.958 bits per heavy atom. The Hall–Kier alpha value is -0.890. The largest absolute Gasteiger partial charge is 0.479 e. The summed E-state index contributed by atoms with van der Waals surface area (Å²) >= 11 is 0. The molecule has 2 saturated heterocycles.